The molecule has 0 unspecified atom stereocenters. The van der Waals surface area contributed by atoms with E-state index < -0.39 is 0 Å². The summed E-state index contributed by atoms with van der Waals surface area (Å²) in [6.45, 7) is 5.83. The monoisotopic (exact) mass is 368 g/mol. The molecule has 27 heavy (non-hydrogen) atoms. The lowest BCUT2D eigenvalue weighted by molar-refractivity contribution is -0.124. The van der Waals surface area contributed by atoms with Crippen molar-refractivity contribution in [1.29, 1.82) is 0 Å². The van der Waals surface area contributed by atoms with Gasteiger partial charge in [-0.15, -0.1) is 0 Å². The lowest BCUT2D eigenvalue weighted by Crippen LogP contribution is -2.46. The van der Waals surface area contributed by atoms with Crippen LogP contribution < -0.4 is 10.2 Å². The van der Waals surface area contributed by atoms with Crippen molar-refractivity contribution in [1.82, 2.24) is 14.9 Å². The van der Waals surface area contributed by atoms with Crippen LogP contribution in [0.2, 0.25) is 0 Å². The first-order chi connectivity index (χ1) is 13.1. The average Bonchev–Trinajstić information content (AvgIpc) is 3.08. The first-order valence-electron chi connectivity index (χ1n) is 10.7. The molecule has 1 aliphatic carbocycles. The van der Waals surface area contributed by atoms with Gasteiger partial charge in [-0.05, 0) is 37.8 Å². The fourth-order valence-corrected chi connectivity index (χ4v) is 4.55. The fraction of sp³-hybridized carbons (Fsp3) is 0.636. The molecule has 4 rings (SSSR count). The van der Waals surface area contributed by atoms with Crippen LogP contribution in [0, 0.1) is 5.92 Å². The molecule has 1 N–H and O–H groups in total. The molecular formula is C22H32N4O. The van der Waals surface area contributed by atoms with Crippen molar-refractivity contribution in [2.24, 2.45) is 5.92 Å². The number of nitrogens with zero attached hydrogens (tertiary/aromatic N) is 3. The SMILES string of the molecule is CC(C)C(=O)NC1CCN(c2nc3ccccc3n2C2CCCCC2)CC1. The average molecular weight is 369 g/mol. The summed E-state index contributed by atoms with van der Waals surface area (Å²) in [7, 11) is 0. The molecule has 1 saturated carbocycles. The van der Waals surface area contributed by atoms with Crippen LogP contribution in [-0.4, -0.2) is 34.6 Å². The molecule has 1 saturated heterocycles. The van der Waals surface area contributed by atoms with Gasteiger partial charge >= 0.3 is 0 Å². The van der Waals surface area contributed by atoms with Crippen molar-refractivity contribution in [2.75, 3.05) is 18.0 Å². The van der Waals surface area contributed by atoms with Crippen molar-refractivity contribution < 1.29 is 4.79 Å². The van der Waals surface area contributed by atoms with Gasteiger partial charge in [-0.3, -0.25) is 4.79 Å². The molecule has 0 radical (unpaired) electrons. The van der Waals surface area contributed by atoms with Crippen LogP contribution in [0.15, 0.2) is 24.3 Å². The Morgan fingerprint density at radius 1 is 1.07 bits per heavy atom. The predicted molar refractivity (Wildman–Crippen MR) is 110 cm³/mol. The summed E-state index contributed by atoms with van der Waals surface area (Å²) < 4.78 is 2.52. The molecule has 0 spiro atoms. The third-order valence-electron chi connectivity index (χ3n) is 6.17. The highest BCUT2D eigenvalue weighted by atomic mass is 16.1. The number of imidazole rings is 1. The van der Waals surface area contributed by atoms with E-state index in [1.807, 2.05) is 13.8 Å². The first kappa shape index (κ1) is 18.3. The quantitative estimate of drug-likeness (QED) is 0.876. The van der Waals surface area contributed by atoms with Crippen molar-refractivity contribution in [3.63, 3.8) is 0 Å². The van der Waals surface area contributed by atoms with Gasteiger partial charge in [0.05, 0.1) is 11.0 Å². The summed E-state index contributed by atoms with van der Waals surface area (Å²) in [6, 6.07) is 9.42. The maximum absolute atomic E-state index is 12.0. The fourth-order valence-electron chi connectivity index (χ4n) is 4.55. The Labute approximate surface area is 162 Å². The standard InChI is InChI=1S/C22H32N4O/c1-16(2)21(27)23-17-12-14-25(15-13-17)22-24-19-10-6-7-11-20(19)26(22)18-8-4-3-5-9-18/h6-7,10-11,16-18H,3-5,8-9,12-15H2,1-2H3,(H,23,27). The third-order valence-corrected chi connectivity index (χ3v) is 6.17. The minimum Gasteiger partial charge on any atom is -0.353 e. The number of carbonyl (C=O) groups is 1. The van der Waals surface area contributed by atoms with Crippen LogP contribution in [0.1, 0.15) is 64.8 Å². The number of carbonyl (C=O) groups excluding carboxylic acids is 1. The molecule has 0 bridgehead atoms. The summed E-state index contributed by atoms with van der Waals surface area (Å²) >= 11 is 0. The number of nitrogens with one attached hydrogen (secondary N) is 1. The Kier molecular flexibility index (Phi) is 5.37. The zero-order valence-corrected chi connectivity index (χ0v) is 16.7. The third kappa shape index (κ3) is 3.83. The Balaban J connectivity index is 1.54. The molecule has 2 fully saturated rings. The van der Waals surface area contributed by atoms with E-state index in [9.17, 15) is 4.79 Å². The van der Waals surface area contributed by atoms with Gasteiger partial charge in [-0.1, -0.05) is 45.2 Å². The summed E-state index contributed by atoms with van der Waals surface area (Å²) in [5.74, 6) is 1.36. The molecule has 0 atom stereocenters. The number of fused-ring (bicyclic) bond motifs is 1. The van der Waals surface area contributed by atoms with Crippen LogP contribution in [0.3, 0.4) is 0 Å². The minimum atomic E-state index is 0.0542. The Bertz CT molecular complexity index is 783. The van der Waals surface area contributed by atoms with E-state index in [4.69, 9.17) is 4.98 Å². The van der Waals surface area contributed by atoms with E-state index in [-0.39, 0.29) is 11.8 Å². The molecule has 2 aliphatic rings. The maximum atomic E-state index is 12.0. The molecule has 1 aromatic heterocycles. The van der Waals surface area contributed by atoms with E-state index in [1.54, 1.807) is 0 Å². The van der Waals surface area contributed by atoms with Gasteiger partial charge in [-0.25, -0.2) is 4.98 Å². The minimum absolute atomic E-state index is 0.0542. The number of aromatic nitrogens is 2. The zero-order chi connectivity index (χ0) is 18.8. The molecule has 2 aromatic rings. The predicted octanol–water partition coefficient (Wildman–Crippen LogP) is 4.28. The highest BCUT2D eigenvalue weighted by molar-refractivity contribution is 5.79. The van der Waals surface area contributed by atoms with Gasteiger partial charge in [0.2, 0.25) is 11.9 Å². The van der Waals surface area contributed by atoms with E-state index in [0.29, 0.717) is 12.1 Å². The van der Waals surface area contributed by atoms with Gasteiger partial charge in [0.1, 0.15) is 0 Å². The van der Waals surface area contributed by atoms with Crippen molar-refractivity contribution >= 4 is 22.9 Å². The van der Waals surface area contributed by atoms with Crippen molar-refractivity contribution in [2.45, 2.75) is 70.9 Å². The van der Waals surface area contributed by atoms with Crippen LogP contribution >= 0.6 is 0 Å². The topological polar surface area (TPSA) is 50.2 Å². The van der Waals surface area contributed by atoms with E-state index >= 15 is 0 Å². The second-order valence-corrected chi connectivity index (χ2v) is 8.49. The largest absolute Gasteiger partial charge is 0.353 e. The van der Waals surface area contributed by atoms with Crippen LogP contribution in [-0.2, 0) is 4.79 Å². The lowest BCUT2D eigenvalue weighted by atomic mass is 9.95. The van der Waals surface area contributed by atoms with Gasteiger partial charge in [0.25, 0.3) is 0 Å². The zero-order valence-electron chi connectivity index (χ0n) is 16.7. The number of amides is 1. The number of hydrogen-bond acceptors (Lipinski definition) is 3. The van der Waals surface area contributed by atoms with Crippen molar-refractivity contribution in [3.8, 4) is 0 Å². The van der Waals surface area contributed by atoms with Gasteiger partial charge < -0.3 is 14.8 Å². The van der Waals surface area contributed by atoms with Crippen LogP contribution in [0.4, 0.5) is 5.95 Å². The summed E-state index contributed by atoms with van der Waals surface area (Å²) in [5.41, 5.74) is 2.38. The molecule has 146 valence electrons. The molecule has 2 heterocycles. The second-order valence-electron chi connectivity index (χ2n) is 8.49. The summed E-state index contributed by atoms with van der Waals surface area (Å²) in [4.78, 5) is 19.5. The first-order valence-corrected chi connectivity index (χ1v) is 10.7. The smallest absolute Gasteiger partial charge is 0.222 e. The summed E-state index contributed by atoms with van der Waals surface area (Å²) in [6.07, 6.45) is 8.50. The van der Waals surface area contributed by atoms with E-state index in [0.717, 1.165) is 37.4 Å². The molecular weight excluding hydrogens is 336 g/mol. The molecule has 5 heteroatoms. The number of para-hydroxylation sites is 2. The molecule has 1 amide bonds. The number of rotatable bonds is 4. The van der Waals surface area contributed by atoms with Crippen LogP contribution in [0.5, 0.6) is 0 Å². The number of benzene rings is 1. The van der Waals surface area contributed by atoms with Gasteiger partial charge in [0.15, 0.2) is 0 Å². The Morgan fingerprint density at radius 2 is 1.78 bits per heavy atom. The maximum Gasteiger partial charge on any atom is 0.222 e. The second kappa shape index (κ2) is 7.91. The van der Waals surface area contributed by atoms with Crippen molar-refractivity contribution in [3.05, 3.63) is 24.3 Å². The molecule has 1 aliphatic heterocycles. The number of piperidine rings is 1. The highest BCUT2D eigenvalue weighted by Crippen LogP contribution is 2.36. The number of anilines is 1. The van der Waals surface area contributed by atoms with Gasteiger partial charge in [0, 0.05) is 31.1 Å². The van der Waals surface area contributed by atoms with E-state index in [1.165, 1.54) is 37.6 Å². The molecule has 1 aromatic carbocycles. The van der Waals surface area contributed by atoms with Gasteiger partial charge in [-0.2, -0.15) is 0 Å². The molecule has 5 nitrogen and oxygen atoms in total. The Hall–Kier alpha value is -2.04. The highest BCUT2D eigenvalue weighted by Gasteiger charge is 2.28. The van der Waals surface area contributed by atoms with E-state index in [2.05, 4.69) is 39.0 Å². The van der Waals surface area contributed by atoms with Crippen LogP contribution in [0.25, 0.3) is 11.0 Å². The Morgan fingerprint density at radius 3 is 2.48 bits per heavy atom. The lowest BCUT2D eigenvalue weighted by Gasteiger charge is -2.35. The summed E-state index contributed by atoms with van der Waals surface area (Å²) in [5, 5.41) is 3.20. The normalized spacial score (nSPS) is 19.7. The number of hydrogen-bond donors (Lipinski definition) is 1.